The van der Waals surface area contributed by atoms with E-state index in [1.165, 1.54) is 58.9 Å². The van der Waals surface area contributed by atoms with Gasteiger partial charge >= 0.3 is 17.9 Å². The molecule has 14 atom stereocenters. The largest absolute Gasteiger partial charge is 0.505 e. The first-order valence-electron chi connectivity index (χ1n) is 24.0. The zero-order valence-electron chi connectivity index (χ0n) is 42.0. The number of carbonyl (C=O) groups excluding carboxylic acids is 4. The molecule has 1 amide bonds. The number of phenolic OH excluding ortho intramolecular Hbond substituents is 1. The Hall–Kier alpha value is -5.57. The fourth-order valence-corrected chi connectivity index (χ4v) is 10.3. The molecular formula is C52H67NO18. The number of ketones is 1. The van der Waals surface area contributed by atoms with Crippen LogP contribution in [0.5, 0.6) is 11.5 Å². The minimum absolute atomic E-state index is 0.106. The molecule has 2 fully saturated rings. The maximum Gasteiger partial charge on any atom is 0.312 e. The molecule has 7 bridgehead atoms. The predicted molar refractivity (Wildman–Crippen MR) is 252 cm³/mol. The number of anilines is 1. The smallest absolute Gasteiger partial charge is 0.312 e. The fraction of sp³-hybridized carbons (Fsp3) is 0.596. The van der Waals surface area contributed by atoms with Gasteiger partial charge < -0.3 is 68.4 Å². The van der Waals surface area contributed by atoms with Crippen molar-refractivity contribution in [2.24, 2.45) is 29.1 Å². The zero-order chi connectivity index (χ0) is 52.0. The Bertz CT molecular complexity index is 2450. The highest BCUT2D eigenvalue weighted by Crippen LogP contribution is 2.56. The molecule has 388 valence electrons. The highest BCUT2D eigenvalue weighted by Gasteiger charge is 2.51. The maximum absolute atomic E-state index is 14.2. The lowest BCUT2D eigenvalue weighted by atomic mass is 9.77. The SMILES string of the molecule is CC(=O)OC1C(C)C(OC2CC3OCOC3C(C)O2)/C=C/CC2(C)OC3=C(C)C(=O)c4c(O)c(cc5c4C3=C2OCO5)NC(=O)/C(C)=C\C=C\C(C(C)OC(=O)C(C)(C)CC(=O)O)C(O)C(C)C(O)C1C. The third kappa shape index (κ3) is 10.7. The minimum atomic E-state index is -1.46. The van der Waals surface area contributed by atoms with Crippen molar-refractivity contribution in [1.29, 1.82) is 0 Å². The van der Waals surface area contributed by atoms with Gasteiger partial charge in [-0.25, -0.2) is 0 Å². The normalized spacial score (nSPS) is 35.4. The van der Waals surface area contributed by atoms with E-state index < -0.39 is 119 Å². The number of hydrogen-bond donors (Lipinski definition) is 5. The highest BCUT2D eigenvalue weighted by atomic mass is 16.7. The molecule has 8 rings (SSSR count). The fourth-order valence-electron chi connectivity index (χ4n) is 10.3. The van der Waals surface area contributed by atoms with Gasteiger partial charge in [-0.2, -0.15) is 0 Å². The third-order valence-electron chi connectivity index (χ3n) is 14.5. The van der Waals surface area contributed by atoms with Gasteiger partial charge in [0, 0.05) is 66.2 Å². The summed E-state index contributed by atoms with van der Waals surface area (Å²) in [6.07, 6.45) is 0.180. The van der Waals surface area contributed by atoms with Crippen molar-refractivity contribution >= 4 is 40.9 Å². The number of benzene rings is 1. The summed E-state index contributed by atoms with van der Waals surface area (Å²) in [6.45, 7) is 17.2. The van der Waals surface area contributed by atoms with E-state index in [0.29, 0.717) is 17.8 Å². The van der Waals surface area contributed by atoms with Crippen LogP contribution in [0.3, 0.4) is 0 Å². The van der Waals surface area contributed by atoms with E-state index in [4.69, 9.17) is 42.6 Å². The van der Waals surface area contributed by atoms with Gasteiger partial charge in [-0.15, -0.1) is 0 Å². The van der Waals surface area contributed by atoms with Crippen LogP contribution >= 0.6 is 0 Å². The molecule has 0 saturated carbocycles. The van der Waals surface area contributed by atoms with E-state index in [1.54, 1.807) is 40.7 Å². The summed E-state index contributed by atoms with van der Waals surface area (Å²) >= 11 is 0. The molecule has 6 heterocycles. The number of nitrogens with one attached hydrogen (secondary N) is 1. The lowest BCUT2D eigenvalue weighted by Gasteiger charge is -2.41. The Morgan fingerprint density at radius 3 is 2.38 bits per heavy atom. The number of rotatable bonds is 8. The van der Waals surface area contributed by atoms with Crippen LogP contribution in [-0.2, 0) is 57.1 Å². The molecular weight excluding hydrogens is 927 g/mol. The molecule has 0 aromatic heterocycles. The number of amides is 1. The van der Waals surface area contributed by atoms with Crippen molar-refractivity contribution in [2.45, 2.75) is 156 Å². The van der Waals surface area contributed by atoms with Crippen molar-refractivity contribution in [3.8, 4) is 11.5 Å². The lowest BCUT2D eigenvalue weighted by molar-refractivity contribution is -0.246. The summed E-state index contributed by atoms with van der Waals surface area (Å²) in [5, 5.41) is 48.4. The molecule has 6 aliphatic heterocycles. The number of esters is 2. The van der Waals surface area contributed by atoms with Gasteiger partial charge in [-0.3, -0.25) is 24.0 Å². The van der Waals surface area contributed by atoms with Gasteiger partial charge in [0.05, 0.1) is 59.2 Å². The summed E-state index contributed by atoms with van der Waals surface area (Å²) < 4.78 is 55.5. The topological polar surface area (TPSA) is 261 Å². The Balaban J connectivity index is 1.34. The second kappa shape index (κ2) is 20.9. The third-order valence-corrected chi connectivity index (χ3v) is 14.5. The van der Waals surface area contributed by atoms with E-state index in [9.17, 15) is 44.4 Å². The van der Waals surface area contributed by atoms with E-state index >= 15 is 0 Å². The number of fused-ring (bicyclic) bond motifs is 14. The van der Waals surface area contributed by atoms with Crippen molar-refractivity contribution in [2.75, 3.05) is 18.9 Å². The number of phenols is 1. The number of carboxylic acid groups (broad SMARTS) is 1. The van der Waals surface area contributed by atoms with Gasteiger partial charge in [0.2, 0.25) is 6.79 Å². The number of aromatic hydroxyl groups is 1. The Kier molecular flexibility index (Phi) is 15.7. The number of aliphatic hydroxyl groups is 2. The number of hydrogen-bond acceptors (Lipinski definition) is 17. The Morgan fingerprint density at radius 2 is 1.69 bits per heavy atom. The first-order chi connectivity index (χ1) is 33.3. The van der Waals surface area contributed by atoms with Crippen LogP contribution < -0.4 is 10.1 Å². The van der Waals surface area contributed by atoms with Crippen LogP contribution in [0, 0.1) is 29.1 Å². The second-order valence-electron chi connectivity index (χ2n) is 20.4. The first-order valence-corrected chi connectivity index (χ1v) is 24.0. The predicted octanol–water partition coefficient (Wildman–Crippen LogP) is 6.00. The van der Waals surface area contributed by atoms with Crippen LogP contribution in [0.25, 0.3) is 5.57 Å². The molecule has 5 N–H and O–H groups in total. The first kappa shape index (κ1) is 53.2. The van der Waals surface area contributed by atoms with Crippen LogP contribution in [0.15, 0.2) is 59.1 Å². The van der Waals surface area contributed by atoms with Gasteiger partial charge in [0.1, 0.15) is 36.6 Å². The van der Waals surface area contributed by atoms with Crippen molar-refractivity contribution in [3.05, 3.63) is 70.2 Å². The molecule has 19 heteroatoms. The van der Waals surface area contributed by atoms with E-state index in [0.717, 1.165) is 0 Å². The molecule has 71 heavy (non-hydrogen) atoms. The number of aliphatic carboxylic acids is 1. The number of ether oxygens (including phenoxy) is 9. The molecule has 1 aromatic rings. The van der Waals surface area contributed by atoms with Gasteiger partial charge in [-0.05, 0) is 48.5 Å². The number of Topliss-reactive ketones (excluding diaryl/α,β-unsaturated/α-hetero) is 1. The molecule has 1 aliphatic carbocycles. The number of carbonyl (C=O) groups is 5. The number of carboxylic acids is 1. The summed E-state index contributed by atoms with van der Waals surface area (Å²) in [7, 11) is 0. The summed E-state index contributed by atoms with van der Waals surface area (Å²) in [5.74, 6) is -7.38. The molecule has 1 aromatic carbocycles. The average molecular weight is 994 g/mol. The van der Waals surface area contributed by atoms with E-state index in [2.05, 4.69) is 5.32 Å². The molecule has 0 radical (unpaired) electrons. The molecule has 2 saturated heterocycles. The van der Waals surface area contributed by atoms with Crippen LogP contribution in [0.4, 0.5) is 5.69 Å². The number of allylic oxidation sites excluding steroid dienone is 4. The Morgan fingerprint density at radius 1 is 0.972 bits per heavy atom. The van der Waals surface area contributed by atoms with Crippen LogP contribution in [0.1, 0.15) is 111 Å². The molecule has 14 unspecified atom stereocenters. The van der Waals surface area contributed by atoms with Crippen LogP contribution in [0.2, 0.25) is 0 Å². The maximum atomic E-state index is 14.2. The summed E-state index contributed by atoms with van der Waals surface area (Å²) in [5.41, 5.74) is -1.98. The quantitative estimate of drug-likeness (QED) is 0.114. The van der Waals surface area contributed by atoms with Gasteiger partial charge in [0.25, 0.3) is 5.91 Å². The molecule has 0 spiro atoms. The van der Waals surface area contributed by atoms with Crippen LogP contribution in [-0.4, -0.2) is 124 Å². The molecule has 7 aliphatic rings. The number of aliphatic hydroxyl groups excluding tert-OH is 2. The monoisotopic (exact) mass is 993 g/mol. The van der Waals surface area contributed by atoms with Crippen molar-refractivity contribution < 1.29 is 87.0 Å². The van der Waals surface area contributed by atoms with E-state index in [1.807, 2.05) is 13.0 Å². The summed E-state index contributed by atoms with van der Waals surface area (Å²) in [4.78, 5) is 66.0. The standard InChI is InChI=1S/C52H67NO18/c1-23-14-12-15-31(28(6)68-50(62)51(9,10)20-36(55)56)42(58)25(3)41(57)26(4)45(69-30(8)54)24(2)33(70-37-19-35-47(29(7)67-37)65-21-64-35)16-13-17-52(11)48-40-38-34(63-22-66-48)18-32(53-49(23)61)44(60)39(38)43(59)27(5)46(40)71-52/h12-16,18,24-26,28-29,31,33,35,37,41-42,45,47,57-58,60H,17,19-22H2,1-11H3,(H,53,61)(H,55,56)/b15-12+,16-13+,23-14-. The van der Waals surface area contributed by atoms with Gasteiger partial charge in [0.15, 0.2) is 29.2 Å². The zero-order valence-corrected chi connectivity index (χ0v) is 42.0. The summed E-state index contributed by atoms with van der Waals surface area (Å²) in [6, 6.07) is 1.40. The molecule has 19 nitrogen and oxygen atoms in total. The van der Waals surface area contributed by atoms with Crippen molar-refractivity contribution in [1.82, 2.24) is 0 Å². The minimum Gasteiger partial charge on any atom is -0.505 e. The Labute approximate surface area is 412 Å². The second-order valence-corrected chi connectivity index (χ2v) is 20.4. The van der Waals surface area contributed by atoms with E-state index in [-0.39, 0.29) is 71.7 Å². The average Bonchev–Trinajstić information content (AvgIpc) is 3.83. The lowest BCUT2D eigenvalue weighted by Crippen LogP contribution is -2.50. The van der Waals surface area contributed by atoms with Crippen molar-refractivity contribution in [3.63, 3.8) is 0 Å². The van der Waals surface area contributed by atoms with Gasteiger partial charge in [-0.1, -0.05) is 51.2 Å². The highest BCUT2D eigenvalue weighted by molar-refractivity contribution is 6.21.